The fraction of sp³-hybridized carbons (Fsp3) is 0.520. The van der Waals surface area contributed by atoms with Gasteiger partial charge in [-0.1, -0.05) is 13.3 Å². The van der Waals surface area contributed by atoms with Crippen molar-refractivity contribution in [2.45, 2.75) is 57.0 Å². The number of nitrogens with one attached hydrogen (secondary N) is 2. The number of carboxylic acid groups (broad SMARTS) is 1. The van der Waals surface area contributed by atoms with E-state index in [0.717, 1.165) is 11.3 Å². The van der Waals surface area contributed by atoms with Crippen LogP contribution in [0.4, 0.5) is 15.3 Å². The van der Waals surface area contributed by atoms with Gasteiger partial charge in [0.05, 0.1) is 12.3 Å². The van der Waals surface area contributed by atoms with E-state index >= 15 is 0 Å². The summed E-state index contributed by atoms with van der Waals surface area (Å²) >= 11 is 0. The topological polar surface area (TPSA) is 186 Å². The number of likely N-dealkylation sites (tertiary alicyclic amines) is 1. The molecule has 1 atom stereocenters. The number of amides is 5. The second kappa shape index (κ2) is 11.9. The maximum absolute atomic E-state index is 13.5. The summed E-state index contributed by atoms with van der Waals surface area (Å²) in [4.78, 5) is 66.7. The molecule has 3 rings (SSSR count). The second-order valence-electron chi connectivity index (χ2n) is 9.42. The number of anilines is 1. The lowest BCUT2D eigenvalue weighted by atomic mass is 9.86. The number of carbonyl (C=O) groups is 5. The average molecular weight is 531 g/mol. The number of piperidine rings is 1. The highest BCUT2D eigenvalue weighted by molar-refractivity contribution is 6.23. The minimum Gasteiger partial charge on any atom is -0.480 e. The predicted molar refractivity (Wildman–Crippen MR) is 137 cm³/mol. The number of nitrogen functional groups attached to an aromatic ring is 1. The number of urea groups is 1. The molecule has 0 aromatic heterocycles. The number of aliphatic carboxylic acids is 1. The number of rotatable bonds is 10. The maximum Gasteiger partial charge on any atom is 0.407 e. The first-order valence-corrected chi connectivity index (χ1v) is 12.5. The summed E-state index contributed by atoms with van der Waals surface area (Å²) in [7, 11) is 1.56. The van der Waals surface area contributed by atoms with E-state index in [4.69, 9.17) is 15.9 Å². The molecule has 1 unspecified atom stereocenters. The SMILES string of the molecule is CCCCOC(=O)NC(CCC(=O)N1CCC2(CC1)C(=O)N(c1ccc(C(=N)N)cc1)C(=O)N2C)C(=O)O. The Morgan fingerprint density at radius 2 is 1.82 bits per heavy atom. The number of benzene rings is 1. The highest BCUT2D eigenvalue weighted by Crippen LogP contribution is 2.38. The van der Waals surface area contributed by atoms with Gasteiger partial charge < -0.3 is 30.7 Å². The van der Waals surface area contributed by atoms with Crippen LogP contribution in [0.1, 0.15) is 51.0 Å². The smallest absolute Gasteiger partial charge is 0.407 e. The monoisotopic (exact) mass is 530 g/mol. The Kier molecular flexibility index (Phi) is 8.92. The molecule has 5 N–H and O–H groups in total. The van der Waals surface area contributed by atoms with Crippen molar-refractivity contribution in [2.75, 3.05) is 31.6 Å². The Hall–Kier alpha value is -4.16. The number of nitrogens with two attached hydrogens (primary N) is 1. The lowest BCUT2D eigenvalue weighted by molar-refractivity contribution is -0.140. The molecular formula is C25H34N6O7. The van der Waals surface area contributed by atoms with Gasteiger partial charge in [0, 0.05) is 32.1 Å². The van der Waals surface area contributed by atoms with Gasteiger partial charge in [0.15, 0.2) is 0 Å². The van der Waals surface area contributed by atoms with E-state index in [1.165, 1.54) is 4.90 Å². The van der Waals surface area contributed by atoms with Crippen LogP contribution in [0.15, 0.2) is 24.3 Å². The fourth-order valence-corrected chi connectivity index (χ4v) is 4.64. The standard InChI is InChI=1S/C25H34N6O7/c1-3-4-15-38-23(36)28-18(21(33)34)9-10-19(32)30-13-11-25(12-14-30)22(35)31(24(37)29(25)2)17-7-5-16(6-8-17)20(26)27/h5-8,18H,3-4,9-15H2,1-2H3,(H3,26,27)(H,28,36)(H,33,34). The summed E-state index contributed by atoms with van der Waals surface area (Å²) in [6.07, 6.45) is 0.872. The van der Waals surface area contributed by atoms with Crippen molar-refractivity contribution in [3.05, 3.63) is 29.8 Å². The molecule has 2 heterocycles. The van der Waals surface area contributed by atoms with Crippen molar-refractivity contribution in [1.82, 2.24) is 15.1 Å². The molecule has 5 amide bonds. The number of ether oxygens (including phenoxy) is 1. The minimum atomic E-state index is -1.27. The van der Waals surface area contributed by atoms with Crippen LogP contribution in [0.25, 0.3) is 0 Å². The van der Waals surface area contributed by atoms with Crippen molar-refractivity contribution in [2.24, 2.45) is 5.73 Å². The lowest BCUT2D eigenvalue weighted by Crippen LogP contribution is -2.56. The minimum absolute atomic E-state index is 0.111. The summed E-state index contributed by atoms with van der Waals surface area (Å²) < 4.78 is 4.93. The second-order valence-corrected chi connectivity index (χ2v) is 9.42. The number of carboxylic acids is 1. The van der Waals surface area contributed by atoms with Gasteiger partial charge >= 0.3 is 18.1 Å². The quantitative estimate of drug-likeness (QED) is 0.152. The molecular weight excluding hydrogens is 496 g/mol. The zero-order valence-electron chi connectivity index (χ0n) is 21.6. The van der Waals surface area contributed by atoms with Crippen LogP contribution >= 0.6 is 0 Å². The van der Waals surface area contributed by atoms with Crippen LogP contribution in [0.3, 0.4) is 0 Å². The summed E-state index contributed by atoms with van der Waals surface area (Å²) in [5, 5.41) is 19.2. The molecule has 2 aliphatic rings. The molecule has 2 fully saturated rings. The van der Waals surface area contributed by atoms with Gasteiger partial charge in [-0.2, -0.15) is 0 Å². The summed E-state index contributed by atoms with van der Waals surface area (Å²) in [5.74, 6) is -2.08. The van der Waals surface area contributed by atoms with E-state index in [0.29, 0.717) is 17.7 Å². The third-order valence-electron chi connectivity index (χ3n) is 7.07. The van der Waals surface area contributed by atoms with E-state index < -0.39 is 29.7 Å². The van der Waals surface area contributed by atoms with Gasteiger partial charge in [-0.3, -0.25) is 15.0 Å². The molecule has 0 saturated carbocycles. The van der Waals surface area contributed by atoms with Crippen molar-refractivity contribution in [3.63, 3.8) is 0 Å². The molecule has 38 heavy (non-hydrogen) atoms. The fourth-order valence-electron chi connectivity index (χ4n) is 4.64. The Morgan fingerprint density at radius 1 is 1.18 bits per heavy atom. The highest BCUT2D eigenvalue weighted by atomic mass is 16.5. The van der Waals surface area contributed by atoms with Crippen LogP contribution in [0.2, 0.25) is 0 Å². The molecule has 13 heteroatoms. The molecule has 206 valence electrons. The van der Waals surface area contributed by atoms with Crippen LogP contribution in [0.5, 0.6) is 0 Å². The predicted octanol–water partition coefficient (Wildman–Crippen LogP) is 1.49. The van der Waals surface area contributed by atoms with E-state index in [2.05, 4.69) is 5.32 Å². The molecule has 13 nitrogen and oxygen atoms in total. The van der Waals surface area contributed by atoms with Gasteiger partial charge in [-0.05, 0) is 49.9 Å². The third-order valence-corrected chi connectivity index (χ3v) is 7.07. The molecule has 1 spiro atoms. The first-order chi connectivity index (χ1) is 18.0. The Labute approximate surface area is 220 Å². The number of amidine groups is 1. The normalized spacial score (nSPS) is 17.5. The highest BCUT2D eigenvalue weighted by Gasteiger charge is 2.57. The maximum atomic E-state index is 13.5. The number of hydrogen-bond acceptors (Lipinski definition) is 7. The van der Waals surface area contributed by atoms with Crippen LogP contribution < -0.4 is 16.0 Å². The van der Waals surface area contributed by atoms with E-state index in [1.807, 2.05) is 6.92 Å². The van der Waals surface area contributed by atoms with Crippen molar-refractivity contribution in [3.8, 4) is 0 Å². The van der Waals surface area contributed by atoms with Gasteiger partial charge in [0.25, 0.3) is 5.91 Å². The molecule has 1 aromatic carbocycles. The van der Waals surface area contributed by atoms with Crippen LogP contribution in [-0.2, 0) is 19.1 Å². The lowest BCUT2D eigenvalue weighted by Gasteiger charge is -2.40. The van der Waals surface area contributed by atoms with Crippen LogP contribution in [0, 0.1) is 5.41 Å². The number of hydrogen-bond donors (Lipinski definition) is 4. The third kappa shape index (κ3) is 5.87. The van der Waals surface area contributed by atoms with Gasteiger partial charge in [-0.25, -0.2) is 19.3 Å². The number of alkyl carbamates (subject to hydrolysis) is 1. The van der Waals surface area contributed by atoms with Gasteiger partial charge in [0.1, 0.15) is 17.4 Å². The van der Waals surface area contributed by atoms with Gasteiger partial charge in [-0.15, -0.1) is 0 Å². The largest absolute Gasteiger partial charge is 0.480 e. The molecule has 0 bridgehead atoms. The van der Waals surface area contributed by atoms with Crippen molar-refractivity contribution >= 4 is 41.4 Å². The Morgan fingerprint density at radius 3 is 2.37 bits per heavy atom. The zero-order valence-corrected chi connectivity index (χ0v) is 21.6. The first kappa shape index (κ1) is 28.4. The molecule has 2 saturated heterocycles. The molecule has 0 radical (unpaired) electrons. The number of carbonyl (C=O) groups excluding carboxylic acids is 4. The Bertz CT molecular complexity index is 1100. The van der Waals surface area contributed by atoms with E-state index in [-0.39, 0.29) is 63.0 Å². The van der Waals surface area contributed by atoms with Gasteiger partial charge in [0.2, 0.25) is 5.91 Å². The number of nitrogens with zero attached hydrogens (tertiary/aromatic N) is 3. The Balaban J connectivity index is 1.58. The zero-order chi connectivity index (χ0) is 28.0. The van der Waals surface area contributed by atoms with Crippen LogP contribution in [-0.4, -0.2) is 89.0 Å². The summed E-state index contributed by atoms with van der Waals surface area (Å²) in [6.45, 7) is 2.53. The number of likely N-dealkylation sites (N-methyl/N-ethyl adjacent to an activating group) is 1. The average Bonchev–Trinajstić information content (AvgIpc) is 3.07. The van der Waals surface area contributed by atoms with Crippen molar-refractivity contribution < 1.29 is 33.8 Å². The van der Waals surface area contributed by atoms with E-state index in [1.54, 1.807) is 36.2 Å². The summed E-state index contributed by atoms with van der Waals surface area (Å²) in [5.41, 5.74) is 5.22. The first-order valence-electron chi connectivity index (χ1n) is 12.5. The summed E-state index contributed by atoms with van der Waals surface area (Å²) in [6, 6.07) is 4.50. The van der Waals surface area contributed by atoms with E-state index in [9.17, 15) is 29.1 Å². The number of imide groups is 1. The van der Waals surface area contributed by atoms with Crippen molar-refractivity contribution in [1.29, 1.82) is 5.41 Å². The molecule has 1 aromatic rings. The molecule has 0 aliphatic carbocycles. The molecule has 2 aliphatic heterocycles. The number of unbranched alkanes of at least 4 members (excludes halogenated alkanes) is 1.